The summed E-state index contributed by atoms with van der Waals surface area (Å²) in [6.45, 7) is 0.766. The molecule has 0 amide bonds. The highest BCUT2D eigenvalue weighted by Crippen LogP contribution is 2.27. The molecule has 0 radical (unpaired) electrons. The second-order valence-electron chi connectivity index (χ2n) is 6.59. The molecule has 3 nitrogen and oxygen atoms in total. The lowest BCUT2D eigenvalue weighted by molar-refractivity contribution is 0.838. The molecule has 0 heterocycles. The van der Waals surface area contributed by atoms with Crippen molar-refractivity contribution in [2.45, 2.75) is 6.42 Å². The van der Waals surface area contributed by atoms with Crippen LogP contribution in [0.1, 0.15) is 11.1 Å². The summed E-state index contributed by atoms with van der Waals surface area (Å²) in [5.74, 6) is 0. The number of fused-ring (bicyclic) bond motifs is 2. The molecule has 0 aliphatic heterocycles. The minimum absolute atomic E-state index is 0.525. The zero-order chi connectivity index (χ0) is 19.2. The van der Waals surface area contributed by atoms with Crippen LogP contribution in [-0.4, -0.2) is 17.9 Å². The summed E-state index contributed by atoms with van der Waals surface area (Å²) >= 11 is 5.34. The molecule has 138 valence electrons. The van der Waals surface area contributed by atoms with Gasteiger partial charge in [0.1, 0.15) is 0 Å². The predicted octanol–water partition coefficient (Wildman–Crippen LogP) is 5.03. The van der Waals surface area contributed by atoms with Crippen LogP contribution < -0.4 is 10.7 Å². The third-order valence-electron chi connectivity index (χ3n) is 4.71. The summed E-state index contributed by atoms with van der Waals surface area (Å²) in [5.41, 5.74) is 5.31. The van der Waals surface area contributed by atoms with Gasteiger partial charge in [-0.15, -0.1) is 0 Å². The van der Waals surface area contributed by atoms with Crippen LogP contribution >= 0.6 is 12.2 Å². The van der Waals surface area contributed by atoms with E-state index >= 15 is 0 Å². The number of thiocarbonyl (C=S) groups is 1. The van der Waals surface area contributed by atoms with Gasteiger partial charge in [0.25, 0.3) is 0 Å². The molecule has 0 saturated heterocycles. The van der Waals surface area contributed by atoms with Crippen molar-refractivity contribution in [3.8, 4) is 0 Å². The number of hydrogen-bond donors (Lipinski definition) is 2. The molecule has 0 saturated carbocycles. The van der Waals surface area contributed by atoms with Crippen LogP contribution in [0.25, 0.3) is 21.5 Å². The highest BCUT2D eigenvalue weighted by Gasteiger charge is 2.05. The number of nitrogens with zero attached hydrogens (tertiary/aromatic N) is 1. The van der Waals surface area contributed by atoms with E-state index in [2.05, 4.69) is 82.6 Å². The van der Waals surface area contributed by atoms with Gasteiger partial charge in [-0.05, 0) is 51.8 Å². The Kier molecular flexibility index (Phi) is 5.59. The molecule has 0 unspecified atom stereocenters. The van der Waals surface area contributed by atoms with E-state index in [0.717, 1.165) is 18.5 Å². The van der Waals surface area contributed by atoms with Gasteiger partial charge in [-0.2, -0.15) is 5.10 Å². The maximum atomic E-state index is 5.34. The lowest BCUT2D eigenvalue weighted by atomic mass is 9.97. The van der Waals surface area contributed by atoms with Crippen molar-refractivity contribution in [2.75, 3.05) is 6.54 Å². The Hall–Kier alpha value is -3.24. The first-order chi connectivity index (χ1) is 13.8. The minimum atomic E-state index is 0.525. The van der Waals surface area contributed by atoms with Gasteiger partial charge in [0.15, 0.2) is 5.11 Å². The number of hydrazone groups is 1. The molecule has 4 aromatic carbocycles. The number of rotatable bonds is 5. The van der Waals surface area contributed by atoms with Crippen molar-refractivity contribution in [1.29, 1.82) is 0 Å². The van der Waals surface area contributed by atoms with E-state index in [0.29, 0.717) is 5.11 Å². The third kappa shape index (κ3) is 4.18. The van der Waals surface area contributed by atoms with Gasteiger partial charge in [-0.1, -0.05) is 78.9 Å². The molecule has 4 heteroatoms. The standard InChI is InChI=1S/C24H21N3S/c28-24(25-15-14-18-8-2-1-3-9-18)27-26-17-23-21-12-6-4-10-19(21)16-20-11-5-7-13-22(20)23/h1-13,16-17H,14-15H2,(H2,25,27,28)/b26-17+. The Morgan fingerprint density at radius 3 is 2.11 bits per heavy atom. The zero-order valence-corrected chi connectivity index (χ0v) is 16.2. The molecule has 0 fully saturated rings. The van der Waals surface area contributed by atoms with Crippen LogP contribution in [0.2, 0.25) is 0 Å². The van der Waals surface area contributed by atoms with Crippen molar-refractivity contribution in [1.82, 2.24) is 10.7 Å². The summed E-state index contributed by atoms with van der Waals surface area (Å²) in [6.07, 6.45) is 2.77. The average molecular weight is 384 g/mol. The average Bonchev–Trinajstić information content (AvgIpc) is 2.74. The first kappa shape index (κ1) is 18.1. The van der Waals surface area contributed by atoms with Crippen LogP contribution in [0.4, 0.5) is 0 Å². The molecule has 28 heavy (non-hydrogen) atoms. The largest absolute Gasteiger partial charge is 0.361 e. The molecule has 0 atom stereocenters. The monoisotopic (exact) mass is 383 g/mol. The van der Waals surface area contributed by atoms with E-state index < -0.39 is 0 Å². The molecule has 0 aliphatic rings. The van der Waals surface area contributed by atoms with E-state index in [1.165, 1.54) is 27.1 Å². The summed E-state index contributed by atoms with van der Waals surface area (Å²) in [5, 5.41) is 12.9. The Labute approximate surface area is 170 Å². The second kappa shape index (κ2) is 8.63. The molecule has 4 aromatic rings. The minimum Gasteiger partial charge on any atom is -0.361 e. The maximum absolute atomic E-state index is 5.34. The lowest BCUT2D eigenvalue weighted by Crippen LogP contribution is -2.33. The molecule has 0 bridgehead atoms. The summed E-state index contributed by atoms with van der Waals surface area (Å²) in [7, 11) is 0. The van der Waals surface area contributed by atoms with Crippen molar-refractivity contribution in [2.24, 2.45) is 5.10 Å². The Morgan fingerprint density at radius 2 is 1.43 bits per heavy atom. The maximum Gasteiger partial charge on any atom is 0.186 e. The SMILES string of the molecule is S=C(NCCc1ccccc1)N/N=C/c1c2ccccc2cc2ccccc12. The molecular weight excluding hydrogens is 362 g/mol. The van der Waals surface area contributed by atoms with Crippen molar-refractivity contribution in [3.05, 3.63) is 96.1 Å². The number of nitrogens with one attached hydrogen (secondary N) is 2. The van der Waals surface area contributed by atoms with E-state index in [9.17, 15) is 0 Å². The number of benzene rings is 4. The van der Waals surface area contributed by atoms with Crippen LogP contribution in [0, 0.1) is 0 Å². The molecule has 0 aliphatic carbocycles. The number of hydrogen-bond acceptors (Lipinski definition) is 2. The van der Waals surface area contributed by atoms with Crippen LogP contribution in [0.5, 0.6) is 0 Å². The van der Waals surface area contributed by atoms with Gasteiger partial charge >= 0.3 is 0 Å². The fourth-order valence-corrected chi connectivity index (χ4v) is 3.50. The fourth-order valence-electron chi connectivity index (χ4n) is 3.35. The van der Waals surface area contributed by atoms with Crippen molar-refractivity contribution >= 4 is 45.1 Å². The zero-order valence-electron chi connectivity index (χ0n) is 15.4. The van der Waals surface area contributed by atoms with Gasteiger partial charge in [0.2, 0.25) is 0 Å². The van der Waals surface area contributed by atoms with Crippen LogP contribution in [0.15, 0.2) is 90.0 Å². The summed E-state index contributed by atoms with van der Waals surface area (Å²) in [4.78, 5) is 0. The molecule has 0 spiro atoms. The summed E-state index contributed by atoms with van der Waals surface area (Å²) < 4.78 is 0. The van der Waals surface area contributed by atoms with E-state index in [1.54, 1.807) is 0 Å². The van der Waals surface area contributed by atoms with Gasteiger partial charge in [-0.3, -0.25) is 5.43 Å². The first-order valence-corrected chi connectivity index (χ1v) is 9.73. The quantitative estimate of drug-likeness (QED) is 0.220. The van der Waals surface area contributed by atoms with Crippen LogP contribution in [0.3, 0.4) is 0 Å². The van der Waals surface area contributed by atoms with Crippen molar-refractivity contribution < 1.29 is 0 Å². The van der Waals surface area contributed by atoms with E-state index in [-0.39, 0.29) is 0 Å². The molecule has 2 N–H and O–H groups in total. The summed E-state index contributed by atoms with van der Waals surface area (Å²) in [6, 6.07) is 29.3. The van der Waals surface area contributed by atoms with Gasteiger partial charge in [-0.25, -0.2) is 0 Å². The smallest absolute Gasteiger partial charge is 0.186 e. The van der Waals surface area contributed by atoms with Crippen LogP contribution in [-0.2, 0) is 6.42 Å². The van der Waals surface area contributed by atoms with Gasteiger partial charge in [0.05, 0.1) is 6.21 Å². The first-order valence-electron chi connectivity index (χ1n) is 9.32. The molecule has 4 rings (SSSR count). The molecular formula is C24H21N3S. The predicted molar refractivity (Wildman–Crippen MR) is 123 cm³/mol. The van der Waals surface area contributed by atoms with Gasteiger partial charge < -0.3 is 5.32 Å². The third-order valence-corrected chi connectivity index (χ3v) is 4.95. The normalized spacial score (nSPS) is 11.1. The second-order valence-corrected chi connectivity index (χ2v) is 7.00. The van der Waals surface area contributed by atoms with E-state index in [4.69, 9.17) is 12.2 Å². The Balaban J connectivity index is 1.46. The topological polar surface area (TPSA) is 36.4 Å². The Bertz CT molecular complexity index is 1080. The fraction of sp³-hybridized carbons (Fsp3) is 0.0833. The molecule has 0 aromatic heterocycles. The lowest BCUT2D eigenvalue weighted by Gasteiger charge is -2.09. The van der Waals surface area contributed by atoms with Crippen molar-refractivity contribution in [3.63, 3.8) is 0 Å². The highest BCUT2D eigenvalue weighted by molar-refractivity contribution is 7.80. The highest BCUT2D eigenvalue weighted by atomic mass is 32.1. The van der Waals surface area contributed by atoms with Gasteiger partial charge in [0, 0.05) is 12.1 Å². The Morgan fingerprint density at radius 1 is 0.821 bits per heavy atom. The van der Waals surface area contributed by atoms with E-state index in [1.807, 2.05) is 24.4 Å².